The van der Waals surface area contributed by atoms with Crippen LogP contribution >= 0.6 is 11.6 Å². The lowest BCUT2D eigenvalue weighted by Gasteiger charge is -2.30. The summed E-state index contributed by atoms with van der Waals surface area (Å²) in [5, 5.41) is 0.735. The molecule has 0 fully saturated rings. The van der Waals surface area contributed by atoms with Gasteiger partial charge in [-0.1, -0.05) is 29.8 Å². The molecule has 0 aromatic heterocycles. The van der Waals surface area contributed by atoms with Crippen molar-refractivity contribution >= 4 is 17.3 Å². The summed E-state index contributed by atoms with van der Waals surface area (Å²) in [5.74, 6) is -0.235. The first-order chi connectivity index (χ1) is 10.0. The maximum Gasteiger partial charge on any atom is 0.123 e. The van der Waals surface area contributed by atoms with Crippen LogP contribution in [0.25, 0.3) is 0 Å². The van der Waals surface area contributed by atoms with Crippen LogP contribution in [0.15, 0.2) is 42.5 Å². The molecular weight excluding hydrogens is 287 g/mol. The molecule has 1 atom stereocenters. The highest BCUT2D eigenvalue weighted by molar-refractivity contribution is 6.31. The summed E-state index contributed by atoms with van der Waals surface area (Å²) in [5.41, 5.74) is 8.57. The summed E-state index contributed by atoms with van der Waals surface area (Å²) in [6, 6.07) is 12.7. The van der Waals surface area contributed by atoms with Gasteiger partial charge in [0.05, 0.1) is 6.04 Å². The van der Waals surface area contributed by atoms with E-state index < -0.39 is 0 Å². The Balaban J connectivity index is 2.35. The summed E-state index contributed by atoms with van der Waals surface area (Å²) in [6.07, 6.45) is 0.646. The third kappa shape index (κ3) is 3.55. The lowest BCUT2D eigenvalue weighted by molar-refractivity contribution is 0.624. The Morgan fingerprint density at radius 2 is 1.95 bits per heavy atom. The van der Waals surface area contributed by atoms with Gasteiger partial charge in [-0.2, -0.15) is 0 Å². The molecule has 0 aliphatic heterocycles. The molecule has 0 saturated carbocycles. The van der Waals surface area contributed by atoms with E-state index in [1.165, 1.54) is 6.07 Å². The molecule has 0 aliphatic carbocycles. The van der Waals surface area contributed by atoms with Gasteiger partial charge in [0, 0.05) is 17.8 Å². The van der Waals surface area contributed by atoms with Crippen molar-refractivity contribution in [2.75, 3.05) is 18.5 Å². The molecule has 0 radical (unpaired) electrons. The number of benzene rings is 2. The quantitative estimate of drug-likeness (QED) is 0.898. The fraction of sp³-hybridized carbons (Fsp3) is 0.294. The highest BCUT2D eigenvalue weighted by Crippen LogP contribution is 2.32. The lowest BCUT2D eigenvalue weighted by atomic mass is 10.0. The summed E-state index contributed by atoms with van der Waals surface area (Å²) >= 11 is 6.27. The van der Waals surface area contributed by atoms with Crippen molar-refractivity contribution < 1.29 is 4.39 Å². The Hall–Kier alpha value is -1.58. The Morgan fingerprint density at radius 1 is 1.24 bits per heavy atom. The van der Waals surface area contributed by atoms with Crippen LogP contribution in [0.1, 0.15) is 24.1 Å². The predicted molar refractivity (Wildman–Crippen MR) is 87.4 cm³/mol. The molecular formula is C17H20ClFN2. The first-order valence-electron chi connectivity index (χ1n) is 7.00. The molecule has 0 amide bonds. The van der Waals surface area contributed by atoms with Crippen molar-refractivity contribution in [2.24, 2.45) is 5.73 Å². The number of nitrogens with two attached hydrogens (primary N) is 1. The third-order valence-electron chi connectivity index (χ3n) is 3.77. The molecule has 0 bridgehead atoms. The SMILES string of the molecule is CC(c1ccccc1Cl)N(C)c1ccc(F)cc1CCN. The Labute approximate surface area is 130 Å². The van der Waals surface area contributed by atoms with E-state index in [-0.39, 0.29) is 11.9 Å². The first kappa shape index (κ1) is 15.8. The van der Waals surface area contributed by atoms with Crippen LogP contribution in [0.3, 0.4) is 0 Å². The molecule has 0 heterocycles. The molecule has 0 spiro atoms. The highest BCUT2D eigenvalue weighted by Gasteiger charge is 2.17. The maximum absolute atomic E-state index is 13.4. The fourth-order valence-corrected chi connectivity index (χ4v) is 2.78. The van der Waals surface area contributed by atoms with Gasteiger partial charge in [-0.3, -0.25) is 0 Å². The van der Waals surface area contributed by atoms with E-state index >= 15 is 0 Å². The molecule has 21 heavy (non-hydrogen) atoms. The van der Waals surface area contributed by atoms with E-state index in [9.17, 15) is 4.39 Å². The number of anilines is 1. The predicted octanol–water partition coefficient (Wildman–Crippen LogP) is 4.18. The molecule has 112 valence electrons. The molecule has 4 heteroatoms. The molecule has 0 aliphatic rings. The van der Waals surface area contributed by atoms with Crippen molar-refractivity contribution in [1.29, 1.82) is 0 Å². The Kier molecular flexibility index (Phi) is 5.21. The lowest BCUT2D eigenvalue weighted by Crippen LogP contribution is -2.23. The first-order valence-corrected chi connectivity index (χ1v) is 7.38. The topological polar surface area (TPSA) is 29.3 Å². The molecule has 2 rings (SSSR count). The van der Waals surface area contributed by atoms with Crippen molar-refractivity contribution in [1.82, 2.24) is 0 Å². The average Bonchev–Trinajstić information content (AvgIpc) is 2.47. The Morgan fingerprint density at radius 3 is 2.62 bits per heavy atom. The molecule has 0 saturated heterocycles. The van der Waals surface area contributed by atoms with Gasteiger partial charge < -0.3 is 10.6 Å². The third-order valence-corrected chi connectivity index (χ3v) is 4.12. The second-order valence-corrected chi connectivity index (χ2v) is 5.53. The zero-order valence-electron chi connectivity index (χ0n) is 12.3. The second-order valence-electron chi connectivity index (χ2n) is 5.12. The van der Waals surface area contributed by atoms with Crippen LogP contribution < -0.4 is 10.6 Å². The summed E-state index contributed by atoms with van der Waals surface area (Å²) in [4.78, 5) is 2.10. The van der Waals surface area contributed by atoms with E-state index in [1.807, 2.05) is 31.3 Å². The number of hydrogen-bond donors (Lipinski definition) is 1. The van der Waals surface area contributed by atoms with E-state index in [2.05, 4.69) is 11.8 Å². The van der Waals surface area contributed by atoms with Crippen LogP contribution in [0, 0.1) is 5.82 Å². The van der Waals surface area contributed by atoms with Gasteiger partial charge in [0.15, 0.2) is 0 Å². The fourth-order valence-electron chi connectivity index (χ4n) is 2.49. The number of hydrogen-bond acceptors (Lipinski definition) is 2. The van der Waals surface area contributed by atoms with Crippen LogP contribution in [0.4, 0.5) is 10.1 Å². The van der Waals surface area contributed by atoms with Crippen molar-refractivity contribution in [3.05, 3.63) is 64.4 Å². The molecule has 2 nitrogen and oxygen atoms in total. The molecule has 2 N–H and O–H groups in total. The number of rotatable bonds is 5. The van der Waals surface area contributed by atoms with E-state index in [4.69, 9.17) is 17.3 Å². The van der Waals surface area contributed by atoms with Gasteiger partial charge in [-0.05, 0) is 55.3 Å². The molecule has 2 aromatic carbocycles. The van der Waals surface area contributed by atoms with Gasteiger partial charge in [0.25, 0.3) is 0 Å². The summed E-state index contributed by atoms with van der Waals surface area (Å²) in [7, 11) is 1.99. The van der Waals surface area contributed by atoms with Crippen LogP contribution in [0.5, 0.6) is 0 Å². The minimum atomic E-state index is -0.235. The van der Waals surface area contributed by atoms with Gasteiger partial charge in [0.1, 0.15) is 5.82 Å². The van der Waals surface area contributed by atoms with Crippen LogP contribution in [0.2, 0.25) is 5.02 Å². The maximum atomic E-state index is 13.4. The number of halogens is 2. The monoisotopic (exact) mass is 306 g/mol. The van der Waals surface area contributed by atoms with Crippen LogP contribution in [-0.4, -0.2) is 13.6 Å². The van der Waals surface area contributed by atoms with Gasteiger partial charge in [-0.15, -0.1) is 0 Å². The smallest absolute Gasteiger partial charge is 0.123 e. The minimum Gasteiger partial charge on any atom is -0.368 e. The normalized spacial score (nSPS) is 12.2. The standard InChI is InChI=1S/C17H20ClFN2/c1-12(15-5-3-4-6-16(15)18)21(2)17-8-7-14(19)11-13(17)9-10-20/h3-8,11-12H,9-10,20H2,1-2H3. The van der Waals surface area contributed by atoms with E-state index in [1.54, 1.807) is 12.1 Å². The van der Waals surface area contributed by atoms with Crippen LogP contribution in [-0.2, 0) is 6.42 Å². The average molecular weight is 307 g/mol. The zero-order chi connectivity index (χ0) is 15.4. The van der Waals surface area contributed by atoms with Crippen molar-refractivity contribution in [3.8, 4) is 0 Å². The van der Waals surface area contributed by atoms with E-state index in [0.717, 1.165) is 21.8 Å². The molecule has 2 aromatic rings. The molecule has 1 unspecified atom stereocenters. The van der Waals surface area contributed by atoms with Crippen molar-refractivity contribution in [2.45, 2.75) is 19.4 Å². The minimum absolute atomic E-state index is 0.0840. The largest absolute Gasteiger partial charge is 0.368 e. The van der Waals surface area contributed by atoms with Crippen molar-refractivity contribution in [3.63, 3.8) is 0 Å². The van der Waals surface area contributed by atoms with Gasteiger partial charge in [0.2, 0.25) is 0 Å². The second kappa shape index (κ2) is 6.92. The Bertz CT molecular complexity index is 615. The van der Waals surface area contributed by atoms with Gasteiger partial charge >= 0.3 is 0 Å². The van der Waals surface area contributed by atoms with E-state index in [0.29, 0.717) is 13.0 Å². The summed E-state index contributed by atoms with van der Waals surface area (Å²) < 4.78 is 13.4. The highest BCUT2D eigenvalue weighted by atomic mass is 35.5. The summed E-state index contributed by atoms with van der Waals surface area (Å²) in [6.45, 7) is 2.57. The van der Waals surface area contributed by atoms with Gasteiger partial charge in [-0.25, -0.2) is 4.39 Å². The zero-order valence-corrected chi connectivity index (χ0v) is 13.1. The number of nitrogens with zero attached hydrogens (tertiary/aromatic N) is 1.